The van der Waals surface area contributed by atoms with Gasteiger partial charge in [-0.25, -0.2) is 4.98 Å². The summed E-state index contributed by atoms with van der Waals surface area (Å²) in [5.74, 6) is 1.24. The fraction of sp³-hybridized carbons (Fsp3) is 0.769. The van der Waals surface area contributed by atoms with Gasteiger partial charge in [0.25, 0.3) is 0 Å². The topological polar surface area (TPSA) is 33.1 Å². The monoisotopic (exact) mass is 236 g/mol. The third kappa shape index (κ3) is 2.53. The van der Waals surface area contributed by atoms with Gasteiger partial charge in [0.1, 0.15) is 5.82 Å². The molecule has 1 aliphatic rings. The van der Waals surface area contributed by atoms with Gasteiger partial charge in [-0.05, 0) is 21.0 Å². The minimum atomic E-state index is 0.550. The molecule has 1 aliphatic heterocycles. The standard InChI is InChI=1S/C13H24N4/c1-5-13-15-11-8-14-7-6-12(11)17(13)9-10(2)16(3)4/h10,14H,5-9H2,1-4H3. The Morgan fingerprint density at radius 2 is 2.24 bits per heavy atom. The van der Waals surface area contributed by atoms with Crippen molar-refractivity contribution in [2.24, 2.45) is 0 Å². The predicted octanol–water partition coefficient (Wildman–Crippen LogP) is 1.04. The molecule has 0 fully saturated rings. The molecule has 0 bridgehead atoms. The summed E-state index contributed by atoms with van der Waals surface area (Å²) in [6, 6.07) is 0.550. The number of aromatic nitrogens is 2. The van der Waals surface area contributed by atoms with Gasteiger partial charge in [0.15, 0.2) is 0 Å². The first kappa shape index (κ1) is 12.6. The fourth-order valence-electron chi connectivity index (χ4n) is 2.34. The molecule has 1 aromatic rings. The summed E-state index contributed by atoms with van der Waals surface area (Å²) in [4.78, 5) is 7.03. The predicted molar refractivity (Wildman–Crippen MR) is 70.2 cm³/mol. The minimum Gasteiger partial charge on any atom is -0.330 e. The second-order valence-electron chi connectivity index (χ2n) is 5.12. The van der Waals surface area contributed by atoms with E-state index in [0.717, 1.165) is 32.5 Å². The van der Waals surface area contributed by atoms with Crippen molar-refractivity contribution in [2.45, 2.75) is 45.8 Å². The van der Waals surface area contributed by atoms with E-state index in [9.17, 15) is 0 Å². The highest BCUT2D eigenvalue weighted by Crippen LogP contribution is 2.17. The van der Waals surface area contributed by atoms with Crippen LogP contribution in [-0.2, 0) is 25.9 Å². The van der Waals surface area contributed by atoms with Crippen LogP contribution in [-0.4, -0.2) is 41.1 Å². The number of aryl methyl sites for hydroxylation is 1. The van der Waals surface area contributed by atoms with E-state index in [1.165, 1.54) is 17.2 Å². The van der Waals surface area contributed by atoms with E-state index in [4.69, 9.17) is 4.98 Å². The van der Waals surface area contributed by atoms with Crippen molar-refractivity contribution < 1.29 is 0 Å². The molecule has 0 aliphatic carbocycles. The molecular weight excluding hydrogens is 212 g/mol. The molecule has 17 heavy (non-hydrogen) atoms. The Labute approximate surface area is 104 Å². The molecule has 4 heteroatoms. The van der Waals surface area contributed by atoms with Gasteiger partial charge in [-0.3, -0.25) is 0 Å². The summed E-state index contributed by atoms with van der Waals surface area (Å²) < 4.78 is 2.45. The zero-order valence-electron chi connectivity index (χ0n) is 11.5. The van der Waals surface area contributed by atoms with Crippen LogP contribution >= 0.6 is 0 Å². The summed E-state index contributed by atoms with van der Waals surface area (Å²) in [5.41, 5.74) is 2.72. The second kappa shape index (κ2) is 5.19. The Hall–Kier alpha value is -0.870. The molecule has 0 saturated carbocycles. The van der Waals surface area contributed by atoms with Gasteiger partial charge in [-0.1, -0.05) is 6.92 Å². The lowest BCUT2D eigenvalue weighted by molar-refractivity contribution is 0.279. The van der Waals surface area contributed by atoms with Crippen LogP contribution in [0.2, 0.25) is 0 Å². The van der Waals surface area contributed by atoms with Crippen molar-refractivity contribution >= 4 is 0 Å². The quantitative estimate of drug-likeness (QED) is 0.848. The first-order chi connectivity index (χ1) is 8.13. The SMILES string of the molecule is CCc1nc2c(n1CC(C)N(C)C)CCNC2. The maximum Gasteiger partial charge on any atom is 0.109 e. The highest BCUT2D eigenvalue weighted by Gasteiger charge is 2.20. The zero-order valence-corrected chi connectivity index (χ0v) is 11.5. The lowest BCUT2D eigenvalue weighted by Crippen LogP contribution is -2.32. The van der Waals surface area contributed by atoms with Gasteiger partial charge in [0.2, 0.25) is 0 Å². The van der Waals surface area contributed by atoms with Crippen LogP contribution in [0.15, 0.2) is 0 Å². The fourth-order valence-corrected chi connectivity index (χ4v) is 2.34. The van der Waals surface area contributed by atoms with Crippen molar-refractivity contribution in [1.82, 2.24) is 19.8 Å². The Morgan fingerprint density at radius 1 is 1.47 bits per heavy atom. The van der Waals surface area contributed by atoms with E-state index in [0.29, 0.717) is 6.04 Å². The summed E-state index contributed by atoms with van der Waals surface area (Å²) >= 11 is 0. The molecule has 4 nitrogen and oxygen atoms in total. The van der Waals surface area contributed by atoms with Crippen molar-refractivity contribution in [1.29, 1.82) is 0 Å². The van der Waals surface area contributed by atoms with Crippen LogP contribution in [0, 0.1) is 0 Å². The van der Waals surface area contributed by atoms with Gasteiger partial charge < -0.3 is 14.8 Å². The molecule has 2 heterocycles. The maximum absolute atomic E-state index is 4.76. The number of nitrogens with one attached hydrogen (secondary N) is 1. The average molecular weight is 236 g/mol. The number of imidazole rings is 1. The molecule has 2 rings (SSSR count). The minimum absolute atomic E-state index is 0.550. The Balaban J connectivity index is 2.27. The molecule has 1 aromatic heterocycles. The first-order valence-electron chi connectivity index (χ1n) is 6.57. The van der Waals surface area contributed by atoms with E-state index in [-0.39, 0.29) is 0 Å². The normalized spacial score (nSPS) is 17.2. The van der Waals surface area contributed by atoms with Gasteiger partial charge in [0.05, 0.1) is 5.69 Å². The van der Waals surface area contributed by atoms with Crippen LogP contribution in [0.5, 0.6) is 0 Å². The molecule has 1 N–H and O–H groups in total. The summed E-state index contributed by atoms with van der Waals surface area (Å²) in [6.07, 6.45) is 2.13. The van der Waals surface area contributed by atoms with Crippen LogP contribution in [0.25, 0.3) is 0 Å². The van der Waals surface area contributed by atoms with Gasteiger partial charge in [0, 0.05) is 44.2 Å². The van der Waals surface area contributed by atoms with Crippen LogP contribution < -0.4 is 5.32 Å². The summed E-state index contributed by atoms with van der Waals surface area (Å²) in [6.45, 7) is 7.54. The van der Waals surface area contributed by atoms with E-state index in [1.807, 2.05) is 0 Å². The van der Waals surface area contributed by atoms with Gasteiger partial charge >= 0.3 is 0 Å². The van der Waals surface area contributed by atoms with Gasteiger partial charge in [-0.2, -0.15) is 0 Å². The van der Waals surface area contributed by atoms with Crippen LogP contribution in [0.1, 0.15) is 31.1 Å². The largest absolute Gasteiger partial charge is 0.330 e. The third-order valence-corrected chi connectivity index (χ3v) is 3.71. The first-order valence-corrected chi connectivity index (χ1v) is 6.57. The zero-order chi connectivity index (χ0) is 12.4. The lowest BCUT2D eigenvalue weighted by atomic mass is 10.1. The summed E-state index contributed by atoms with van der Waals surface area (Å²) in [7, 11) is 4.28. The van der Waals surface area contributed by atoms with E-state index in [1.54, 1.807) is 0 Å². The van der Waals surface area contributed by atoms with E-state index < -0.39 is 0 Å². The highest BCUT2D eigenvalue weighted by molar-refractivity contribution is 5.20. The van der Waals surface area contributed by atoms with Gasteiger partial charge in [-0.15, -0.1) is 0 Å². The molecule has 1 atom stereocenters. The van der Waals surface area contributed by atoms with Crippen molar-refractivity contribution in [3.8, 4) is 0 Å². The van der Waals surface area contributed by atoms with Crippen LogP contribution in [0.4, 0.5) is 0 Å². The number of nitrogens with zero attached hydrogens (tertiary/aromatic N) is 3. The number of hydrogen-bond donors (Lipinski definition) is 1. The molecule has 96 valence electrons. The highest BCUT2D eigenvalue weighted by atomic mass is 15.2. The third-order valence-electron chi connectivity index (χ3n) is 3.71. The average Bonchev–Trinajstić information content (AvgIpc) is 2.67. The lowest BCUT2D eigenvalue weighted by Gasteiger charge is -2.23. The molecule has 0 saturated heterocycles. The number of fused-ring (bicyclic) bond motifs is 1. The molecule has 0 aromatic carbocycles. The number of rotatable bonds is 4. The molecule has 1 unspecified atom stereocenters. The Morgan fingerprint density at radius 3 is 2.88 bits per heavy atom. The maximum atomic E-state index is 4.76. The van der Waals surface area contributed by atoms with Crippen LogP contribution in [0.3, 0.4) is 0 Å². The van der Waals surface area contributed by atoms with Crippen molar-refractivity contribution in [2.75, 3.05) is 20.6 Å². The molecular formula is C13H24N4. The Kier molecular flexibility index (Phi) is 3.84. The smallest absolute Gasteiger partial charge is 0.109 e. The molecule has 0 amide bonds. The molecule has 0 spiro atoms. The summed E-state index contributed by atoms with van der Waals surface area (Å²) in [5, 5.41) is 3.40. The Bertz CT molecular complexity index is 381. The van der Waals surface area contributed by atoms with Crippen molar-refractivity contribution in [3.63, 3.8) is 0 Å². The number of likely N-dealkylation sites (N-methyl/N-ethyl adjacent to an activating group) is 1. The van der Waals surface area contributed by atoms with Crippen molar-refractivity contribution in [3.05, 3.63) is 17.2 Å². The number of hydrogen-bond acceptors (Lipinski definition) is 3. The second-order valence-corrected chi connectivity index (χ2v) is 5.12. The van der Waals surface area contributed by atoms with E-state index >= 15 is 0 Å². The van der Waals surface area contributed by atoms with E-state index in [2.05, 4.69) is 42.7 Å². The molecule has 0 radical (unpaired) electrons.